The summed E-state index contributed by atoms with van der Waals surface area (Å²) in [4.78, 5) is 68.8. The number of fused-ring (bicyclic) bond motifs is 2. The lowest BCUT2D eigenvalue weighted by Crippen LogP contribution is -2.54. The molecule has 13 nitrogen and oxygen atoms in total. The van der Waals surface area contributed by atoms with Gasteiger partial charge in [-0.3, -0.25) is 39.1 Å². The third-order valence-corrected chi connectivity index (χ3v) is 11.2. The van der Waals surface area contributed by atoms with Crippen molar-refractivity contribution < 1.29 is 38.2 Å². The summed E-state index contributed by atoms with van der Waals surface area (Å²) >= 11 is 0. The van der Waals surface area contributed by atoms with E-state index < -0.39 is 35.1 Å². The Morgan fingerprint density at radius 1 is 0.842 bits per heavy atom. The number of rotatable bonds is 11. The summed E-state index contributed by atoms with van der Waals surface area (Å²) in [6.07, 6.45) is 1.70. The fourth-order valence-electron chi connectivity index (χ4n) is 8.08. The number of nitrogens with one attached hydrogen (secondary N) is 1. The quantitative estimate of drug-likeness (QED) is 0.149. The number of hydrogen-bond donors (Lipinski definition) is 1. The van der Waals surface area contributed by atoms with Gasteiger partial charge in [-0.15, -0.1) is 0 Å². The van der Waals surface area contributed by atoms with E-state index in [1.165, 1.54) is 7.11 Å². The number of nitriles is 1. The molecule has 4 aromatic rings. The molecule has 0 spiro atoms. The molecule has 13 heteroatoms. The van der Waals surface area contributed by atoms with Crippen molar-refractivity contribution in [1.82, 2.24) is 10.2 Å². The lowest BCUT2D eigenvalue weighted by molar-refractivity contribution is -0.136. The van der Waals surface area contributed by atoms with Gasteiger partial charge in [0.05, 0.1) is 59.9 Å². The van der Waals surface area contributed by atoms with E-state index in [0.29, 0.717) is 43.2 Å². The minimum Gasteiger partial charge on any atom is -0.495 e. The van der Waals surface area contributed by atoms with Crippen LogP contribution in [0, 0.1) is 11.3 Å². The van der Waals surface area contributed by atoms with Gasteiger partial charge in [-0.2, -0.15) is 5.26 Å². The molecule has 0 saturated carbocycles. The fraction of sp³-hybridized carbons (Fsp3) is 0.318. The minimum absolute atomic E-state index is 0.00135. The highest BCUT2D eigenvalue weighted by Gasteiger charge is 2.46. The number of benzene rings is 4. The number of ether oxygens (including phenoxy) is 3. The first-order chi connectivity index (χ1) is 27.5. The standard InChI is InChI=1S/C44H41N5O8/c1-44(2)35-21-27(8-14-36(35)48(43(44)54)30-9-5-28(24-45)38(23-30)55-3)26-6-11-31(12-7-26)56-19-4-20-57-32-17-18-47(25-32)29-10-13-33-34(22-29)42(53)49(41(33)52)37-15-16-39(50)46-40(37)51/h5-14,21-23,32,37H,4,15-20,25H2,1-3H3,(H,46,50,51). The lowest BCUT2D eigenvalue weighted by atomic mass is 9.84. The van der Waals surface area contributed by atoms with E-state index in [9.17, 15) is 29.2 Å². The van der Waals surface area contributed by atoms with Gasteiger partial charge in [0, 0.05) is 37.7 Å². The smallest absolute Gasteiger partial charge is 0.262 e. The molecule has 2 atom stereocenters. The molecule has 2 unspecified atom stereocenters. The average molecular weight is 768 g/mol. The van der Waals surface area contributed by atoms with Crippen LogP contribution in [-0.4, -0.2) is 80.0 Å². The van der Waals surface area contributed by atoms with E-state index in [0.717, 1.165) is 51.7 Å². The molecule has 0 aliphatic carbocycles. The van der Waals surface area contributed by atoms with Crippen molar-refractivity contribution in [2.75, 3.05) is 43.2 Å². The zero-order valence-corrected chi connectivity index (χ0v) is 31.9. The average Bonchev–Trinajstić information content (AvgIpc) is 3.85. The number of piperidine rings is 1. The van der Waals surface area contributed by atoms with Gasteiger partial charge in [-0.05, 0) is 98.0 Å². The Bertz CT molecular complexity index is 2370. The van der Waals surface area contributed by atoms with Gasteiger partial charge in [0.25, 0.3) is 11.8 Å². The first-order valence-electron chi connectivity index (χ1n) is 19.0. The van der Waals surface area contributed by atoms with Crippen LogP contribution < -0.4 is 24.6 Å². The number of anilines is 3. The van der Waals surface area contributed by atoms with Crippen molar-refractivity contribution in [1.29, 1.82) is 5.26 Å². The highest BCUT2D eigenvalue weighted by atomic mass is 16.5. The van der Waals surface area contributed by atoms with Crippen LogP contribution in [0.1, 0.15) is 71.4 Å². The maximum absolute atomic E-state index is 13.7. The molecule has 1 N–H and O–H groups in total. The van der Waals surface area contributed by atoms with Gasteiger partial charge in [-0.25, -0.2) is 0 Å². The summed E-state index contributed by atoms with van der Waals surface area (Å²) in [6, 6.07) is 25.3. The molecule has 0 radical (unpaired) electrons. The van der Waals surface area contributed by atoms with E-state index in [1.54, 1.807) is 35.2 Å². The predicted molar refractivity (Wildman–Crippen MR) is 210 cm³/mol. The minimum atomic E-state index is -0.995. The van der Waals surface area contributed by atoms with Gasteiger partial charge in [0.15, 0.2) is 0 Å². The molecule has 8 rings (SSSR count). The van der Waals surface area contributed by atoms with E-state index >= 15 is 0 Å². The van der Waals surface area contributed by atoms with Crippen molar-refractivity contribution in [3.63, 3.8) is 0 Å². The Kier molecular flexibility index (Phi) is 9.75. The maximum Gasteiger partial charge on any atom is 0.262 e. The Balaban J connectivity index is 0.824. The van der Waals surface area contributed by atoms with E-state index in [4.69, 9.17) is 14.2 Å². The van der Waals surface area contributed by atoms with Crippen LogP contribution in [0.15, 0.2) is 78.9 Å². The van der Waals surface area contributed by atoms with Gasteiger partial charge >= 0.3 is 0 Å². The number of hydrogen-bond acceptors (Lipinski definition) is 10. The number of methoxy groups -OCH3 is 1. The monoisotopic (exact) mass is 767 g/mol. The number of carbonyl (C=O) groups excluding carboxylic acids is 5. The molecule has 4 aromatic carbocycles. The van der Waals surface area contributed by atoms with E-state index in [1.807, 2.05) is 56.3 Å². The van der Waals surface area contributed by atoms with Crippen molar-refractivity contribution in [2.45, 2.75) is 57.1 Å². The number of imide groups is 2. The first-order valence-corrected chi connectivity index (χ1v) is 19.0. The summed E-state index contributed by atoms with van der Waals surface area (Å²) in [5.74, 6) is -0.977. The molecule has 290 valence electrons. The molecule has 5 amide bonds. The number of amides is 5. The molecule has 0 aromatic heterocycles. The van der Waals surface area contributed by atoms with Crippen LogP contribution in [-0.2, 0) is 24.5 Å². The summed E-state index contributed by atoms with van der Waals surface area (Å²) in [5, 5.41) is 11.6. The van der Waals surface area contributed by atoms with Crippen LogP contribution in [0.25, 0.3) is 11.1 Å². The topological polar surface area (TPSA) is 159 Å². The second-order valence-electron chi connectivity index (χ2n) is 15.1. The normalized spacial score (nSPS) is 19.8. The second-order valence-corrected chi connectivity index (χ2v) is 15.1. The van der Waals surface area contributed by atoms with E-state index in [-0.39, 0.29) is 36.0 Å². The zero-order chi connectivity index (χ0) is 40.0. The Hall–Kier alpha value is -6.52. The Morgan fingerprint density at radius 2 is 1.60 bits per heavy atom. The fourth-order valence-corrected chi connectivity index (χ4v) is 8.08. The molecule has 0 bridgehead atoms. The third-order valence-electron chi connectivity index (χ3n) is 11.2. The molecule has 4 aliphatic heterocycles. The molecule has 4 heterocycles. The van der Waals surface area contributed by atoms with Gasteiger partial charge in [0.1, 0.15) is 23.6 Å². The van der Waals surface area contributed by atoms with Gasteiger partial charge in [-0.1, -0.05) is 18.2 Å². The van der Waals surface area contributed by atoms with Crippen molar-refractivity contribution >= 4 is 46.6 Å². The maximum atomic E-state index is 13.7. The van der Waals surface area contributed by atoms with Crippen molar-refractivity contribution in [3.05, 3.63) is 101 Å². The second kappa shape index (κ2) is 14.9. The molecule has 4 aliphatic rings. The summed E-state index contributed by atoms with van der Waals surface area (Å²) in [7, 11) is 1.51. The summed E-state index contributed by atoms with van der Waals surface area (Å²) in [6.45, 7) is 6.20. The van der Waals surface area contributed by atoms with Crippen LogP contribution in [0.4, 0.5) is 17.1 Å². The molecular formula is C44H41N5O8. The van der Waals surface area contributed by atoms with Crippen LogP contribution in [0.3, 0.4) is 0 Å². The number of nitrogens with zero attached hydrogens (tertiary/aromatic N) is 4. The molecule has 2 saturated heterocycles. The summed E-state index contributed by atoms with van der Waals surface area (Å²) < 4.78 is 17.6. The highest BCUT2D eigenvalue weighted by Crippen LogP contribution is 2.47. The first kappa shape index (κ1) is 37.4. The van der Waals surface area contributed by atoms with Crippen LogP contribution >= 0.6 is 0 Å². The summed E-state index contributed by atoms with van der Waals surface area (Å²) in [5.41, 5.74) is 5.29. The molecule has 2 fully saturated rings. The van der Waals surface area contributed by atoms with E-state index in [2.05, 4.69) is 22.4 Å². The van der Waals surface area contributed by atoms with Crippen LogP contribution in [0.5, 0.6) is 11.5 Å². The van der Waals surface area contributed by atoms with Crippen LogP contribution in [0.2, 0.25) is 0 Å². The Labute approximate surface area is 329 Å². The van der Waals surface area contributed by atoms with Crippen molar-refractivity contribution in [2.24, 2.45) is 0 Å². The highest BCUT2D eigenvalue weighted by molar-refractivity contribution is 6.23. The van der Waals surface area contributed by atoms with Gasteiger partial charge in [0.2, 0.25) is 17.7 Å². The van der Waals surface area contributed by atoms with Gasteiger partial charge < -0.3 is 19.1 Å². The number of carbonyl (C=O) groups is 5. The zero-order valence-electron chi connectivity index (χ0n) is 31.9. The predicted octanol–water partition coefficient (Wildman–Crippen LogP) is 5.66. The lowest BCUT2D eigenvalue weighted by Gasteiger charge is -2.27. The third kappa shape index (κ3) is 6.76. The largest absolute Gasteiger partial charge is 0.495 e. The molecular weight excluding hydrogens is 727 g/mol. The van der Waals surface area contributed by atoms with Crippen molar-refractivity contribution in [3.8, 4) is 28.7 Å². The SMILES string of the molecule is COc1cc(N2C(=O)C(C)(C)c3cc(-c4ccc(OCCCOC5CCN(c6ccc7c(c6)C(=O)N(C6CCC(=O)NC6=O)C7=O)C5)cc4)ccc32)ccc1C#N. The molecule has 57 heavy (non-hydrogen) atoms. The Morgan fingerprint density at radius 3 is 2.35 bits per heavy atom.